The summed E-state index contributed by atoms with van der Waals surface area (Å²) in [4.78, 5) is 29.7. The molecule has 186 valence electrons. The van der Waals surface area contributed by atoms with Gasteiger partial charge in [0.15, 0.2) is 10.6 Å². The summed E-state index contributed by atoms with van der Waals surface area (Å²) in [6.07, 6.45) is 10.4. The summed E-state index contributed by atoms with van der Waals surface area (Å²) in [5.41, 5.74) is -0.672. The highest BCUT2D eigenvalue weighted by atomic mass is 32.2. The van der Waals surface area contributed by atoms with Crippen molar-refractivity contribution in [3.05, 3.63) is 0 Å². The van der Waals surface area contributed by atoms with Crippen molar-refractivity contribution in [2.45, 2.75) is 88.7 Å². The summed E-state index contributed by atoms with van der Waals surface area (Å²) in [7, 11) is 0. The fourth-order valence-electron chi connectivity index (χ4n) is 3.94. The molecule has 1 aromatic heterocycles. The third-order valence-corrected chi connectivity index (χ3v) is 8.14. The van der Waals surface area contributed by atoms with E-state index >= 15 is 0 Å². The molecule has 10 heteroatoms. The van der Waals surface area contributed by atoms with Gasteiger partial charge in [-0.1, -0.05) is 62.6 Å². The lowest BCUT2D eigenvalue weighted by Gasteiger charge is -2.47. The summed E-state index contributed by atoms with van der Waals surface area (Å²) in [6.45, 7) is 8.39. The minimum Gasteiger partial charge on any atom is -0.433 e. The van der Waals surface area contributed by atoms with Gasteiger partial charge in [-0.3, -0.25) is 0 Å². The first-order chi connectivity index (χ1) is 16.5. The average Bonchev–Trinajstić information content (AvgIpc) is 3.27. The number of anilines is 1. The van der Waals surface area contributed by atoms with Gasteiger partial charge in [-0.25, -0.2) is 14.5 Å². The molecule has 34 heavy (non-hydrogen) atoms. The maximum absolute atomic E-state index is 13.8. The van der Waals surface area contributed by atoms with Gasteiger partial charge >= 0.3 is 11.3 Å². The lowest BCUT2D eigenvalue weighted by molar-refractivity contribution is 0.0619. The van der Waals surface area contributed by atoms with Gasteiger partial charge in [-0.05, 0) is 43.7 Å². The number of nitrogens with zero attached hydrogens (tertiary/aromatic N) is 4. The number of thioether (sulfide) groups is 2. The Morgan fingerprint density at radius 1 is 1.29 bits per heavy atom. The highest BCUT2D eigenvalue weighted by Crippen LogP contribution is 2.37. The zero-order chi connectivity index (χ0) is 25.0. The average molecular weight is 523 g/mol. The van der Waals surface area contributed by atoms with Crippen molar-refractivity contribution in [2.75, 3.05) is 23.0 Å². The Morgan fingerprint density at radius 2 is 2.03 bits per heavy atom. The smallest absolute Gasteiger partial charge is 0.369 e. The lowest BCUT2D eigenvalue weighted by atomic mass is 9.87. The Hall–Kier alpha value is -1.88. The number of aromatic nitrogens is 2. The molecule has 1 atom stereocenters. The van der Waals surface area contributed by atoms with Crippen LogP contribution in [-0.4, -0.2) is 56.2 Å². The van der Waals surface area contributed by atoms with Crippen molar-refractivity contribution in [3.63, 3.8) is 0 Å². The van der Waals surface area contributed by atoms with E-state index in [4.69, 9.17) is 11.2 Å². The minimum atomic E-state index is -0.745. The molecule has 0 spiro atoms. The topological polar surface area (TPSA) is 75.6 Å². The van der Waals surface area contributed by atoms with Crippen LogP contribution in [0.5, 0.6) is 0 Å². The molecule has 1 aliphatic heterocycles. The number of urea groups is 1. The second-order valence-corrected chi connectivity index (χ2v) is 11.3. The predicted octanol–water partition coefficient (Wildman–Crippen LogP) is 6.25. The van der Waals surface area contributed by atoms with Crippen LogP contribution in [0, 0.1) is 24.2 Å². The van der Waals surface area contributed by atoms with Crippen LogP contribution in [-0.2, 0) is 4.74 Å². The summed E-state index contributed by atoms with van der Waals surface area (Å²) in [5, 5.41) is 8.48. The Balaban J connectivity index is 2.27. The van der Waals surface area contributed by atoms with Gasteiger partial charge in [0.2, 0.25) is 5.13 Å². The van der Waals surface area contributed by atoms with Crippen molar-refractivity contribution >= 4 is 51.3 Å². The molecule has 0 N–H and O–H groups in total. The van der Waals surface area contributed by atoms with E-state index in [1.165, 1.54) is 16.2 Å². The minimum absolute atomic E-state index is 0.281. The third kappa shape index (κ3) is 7.31. The number of rotatable bonds is 12. The van der Waals surface area contributed by atoms with E-state index in [0.29, 0.717) is 36.7 Å². The SMILES string of the molecule is C#CC(CCC)(CCC)N1CCC(OC(=O)SCCCC#CC)N(c2nnc(SCC)s2)C1=O. The van der Waals surface area contributed by atoms with E-state index < -0.39 is 17.1 Å². The molecule has 0 radical (unpaired) electrons. The van der Waals surface area contributed by atoms with Gasteiger partial charge in [0, 0.05) is 25.1 Å². The van der Waals surface area contributed by atoms with Crippen molar-refractivity contribution in [1.29, 1.82) is 0 Å². The molecule has 0 saturated carbocycles. The van der Waals surface area contributed by atoms with Crippen LogP contribution in [0.1, 0.15) is 72.6 Å². The number of terminal acetylenes is 1. The zero-order valence-electron chi connectivity index (χ0n) is 20.5. The number of unbranched alkanes of at least 4 members (excludes halogenated alkanes) is 1. The highest BCUT2D eigenvalue weighted by Gasteiger charge is 2.46. The quantitative estimate of drug-likeness (QED) is 0.105. The molecule has 1 aliphatic rings. The number of carbonyl (C=O) groups is 2. The lowest BCUT2D eigenvalue weighted by Crippen LogP contribution is -2.63. The van der Waals surface area contributed by atoms with Gasteiger partial charge < -0.3 is 9.64 Å². The summed E-state index contributed by atoms with van der Waals surface area (Å²) < 4.78 is 6.53. The normalized spacial score (nSPS) is 16.1. The van der Waals surface area contributed by atoms with E-state index in [9.17, 15) is 9.59 Å². The Labute approximate surface area is 216 Å². The first kappa shape index (κ1) is 28.4. The Kier molecular flexibility index (Phi) is 12.1. The molecule has 2 amide bonds. The van der Waals surface area contributed by atoms with Crippen LogP contribution in [0.25, 0.3) is 0 Å². The molecular formula is C24H34N4O3S3. The molecule has 0 aliphatic carbocycles. The van der Waals surface area contributed by atoms with E-state index in [1.54, 1.807) is 23.6 Å². The van der Waals surface area contributed by atoms with Gasteiger partial charge in [0.05, 0.1) is 0 Å². The van der Waals surface area contributed by atoms with Crippen LogP contribution in [0.2, 0.25) is 0 Å². The molecule has 1 saturated heterocycles. The molecular weight excluding hydrogens is 488 g/mol. The largest absolute Gasteiger partial charge is 0.433 e. The zero-order valence-corrected chi connectivity index (χ0v) is 22.9. The van der Waals surface area contributed by atoms with Crippen LogP contribution in [0.15, 0.2) is 4.34 Å². The number of carbonyl (C=O) groups excluding carboxylic acids is 2. The Morgan fingerprint density at radius 3 is 2.65 bits per heavy atom. The second kappa shape index (κ2) is 14.5. The van der Waals surface area contributed by atoms with Crippen LogP contribution < -0.4 is 4.90 Å². The maximum atomic E-state index is 13.8. The number of amides is 2. The first-order valence-corrected chi connectivity index (χ1v) is 14.5. The Bertz CT molecular complexity index is 913. The van der Waals surface area contributed by atoms with Gasteiger partial charge in [-0.2, -0.15) is 0 Å². The molecule has 2 rings (SSSR count). The van der Waals surface area contributed by atoms with Crippen LogP contribution in [0.4, 0.5) is 14.7 Å². The first-order valence-electron chi connectivity index (χ1n) is 11.7. The molecule has 0 bridgehead atoms. The molecule has 1 unspecified atom stereocenters. The summed E-state index contributed by atoms with van der Waals surface area (Å²) in [5.74, 6) is 10.2. The standard InChI is InChI=1S/C24H34N4O3S3/c1-6-11-12-13-18-33-23(30)31-19-14-17-27(24(9-4,15-7-2)16-8-3)22(29)28(19)20-25-26-21(34-20)32-10-5/h4,19H,7-8,10,12-18H2,1-3,5H3. The van der Waals surface area contributed by atoms with Crippen LogP contribution in [0.3, 0.4) is 0 Å². The summed E-state index contributed by atoms with van der Waals surface area (Å²) >= 11 is 4.00. The van der Waals surface area contributed by atoms with Crippen molar-refractivity contribution < 1.29 is 14.3 Å². The number of hydrogen-bond acceptors (Lipinski definition) is 8. The van der Waals surface area contributed by atoms with Crippen molar-refractivity contribution in [3.8, 4) is 24.2 Å². The molecule has 0 aromatic carbocycles. The molecule has 7 nitrogen and oxygen atoms in total. The van der Waals surface area contributed by atoms with Gasteiger partial charge in [0.1, 0.15) is 5.54 Å². The highest BCUT2D eigenvalue weighted by molar-refractivity contribution is 8.13. The summed E-state index contributed by atoms with van der Waals surface area (Å²) in [6, 6.07) is -0.281. The van der Waals surface area contributed by atoms with E-state index in [2.05, 4.69) is 41.8 Å². The second-order valence-electron chi connectivity index (χ2n) is 7.75. The number of hydrogen-bond donors (Lipinski definition) is 0. The third-order valence-electron chi connectivity index (χ3n) is 5.38. The fraction of sp³-hybridized carbons (Fsp3) is 0.667. The van der Waals surface area contributed by atoms with Gasteiger partial charge in [0.25, 0.3) is 0 Å². The molecule has 1 aromatic rings. The van der Waals surface area contributed by atoms with Crippen LogP contribution >= 0.6 is 34.9 Å². The van der Waals surface area contributed by atoms with E-state index in [0.717, 1.165) is 47.5 Å². The van der Waals surface area contributed by atoms with Gasteiger partial charge in [-0.15, -0.1) is 28.5 Å². The molecule has 2 heterocycles. The monoisotopic (exact) mass is 522 g/mol. The fourth-order valence-corrected chi connectivity index (χ4v) is 6.35. The van der Waals surface area contributed by atoms with Crippen molar-refractivity contribution in [1.82, 2.24) is 15.1 Å². The van der Waals surface area contributed by atoms with E-state index in [1.807, 2.05) is 6.92 Å². The number of ether oxygens (including phenoxy) is 1. The van der Waals surface area contributed by atoms with E-state index in [-0.39, 0.29) is 6.03 Å². The maximum Gasteiger partial charge on any atom is 0.369 e. The van der Waals surface area contributed by atoms with Crippen molar-refractivity contribution in [2.24, 2.45) is 0 Å². The predicted molar refractivity (Wildman–Crippen MR) is 142 cm³/mol. The molecule has 1 fully saturated rings.